The smallest absolute Gasteiger partial charge is 0.339 e. The molecule has 1 heterocycles. The molecule has 19 heavy (non-hydrogen) atoms. The Morgan fingerprint density at radius 2 is 2.26 bits per heavy atom. The van der Waals surface area contributed by atoms with Crippen molar-refractivity contribution in [1.29, 1.82) is 5.26 Å². The summed E-state index contributed by atoms with van der Waals surface area (Å²) in [5.41, 5.74) is 0.820. The maximum atomic E-state index is 11.9. The third-order valence-corrected chi connectivity index (χ3v) is 3.22. The van der Waals surface area contributed by atoms with Gasteiger partial charge >= 0.3 is 5.97 Å². The summed E-state index contributed by atoms with van der Waals surface area (Å²) in [6.45, 7) is 4.81. The first-order valence-electron chi connectivity index (χ1n) is 6.25. The molecule has 0 amide bonds. The summed E-state index contributed by atoms with van der Waals surface area (Å²) in [5.74, 6) is -0.292. The quantitative estimate of drug-likeness (QED) is 0.481. The van der Waals surface area contributed by atoms with Crippen LogP contribution in [0.4, 0.5) is 0 Å². The molecule has 4 nitrogen and oxygen atoms in total. The van der Waals surface area contributed by atoms with Crippen LogP contribution in [0.25, 0.3) is 0 Å². The molecule has 0 aromatic heterocycles. The average molecular weight is 256 g/mol. The Morgan fingerprint density at radius 3 is 3.00 bits per heavy atom. The number of nitriles is 1. The van der Waals surface area contributed by atoms with Crippen LogP contribution >= 0.6 is 0 Å². The van der Waals surface area contributed by atoms with E-state index in [1.165, 1.54) is 0 Å². The van der Waals surface area contributed by atoms with E-state index in [9.17, 15) is 4.79 Å². The molecule has 0 saturated carbocycles. The Hall–Kier alpha value is -2.12. The highest BCUT2D eigenvalue weighted by atomic mass is 16.6. The summed E-state index contributed by atoms with van der Waals surface area (Å²) in [5, 5.41) is 11.7. The Labute approximate surface area is 112 Å². The lowest BCUT2D eigenvalue weighted by molar-refractivity contribution is -0.00635. The van der Waals surface area contributed by atoms with Crippen LogP contribution in [0.15, 0.2) is 36.9 Å². The Morgan fingerprint density at radius 1 is 1.47 bits per heavy atom. The zero-order chi connectivity index (χ0) is 13.7. The van der Waals surface area contributed by atoms with E-state index in [4.69, 9.17) is 10.00 Å². The number of benzene rings is 1. The predicted octanol–water partition coefficient (Wildman–Crippen LogP) is 2.13. The Balaban J connectivity index is 2.24. The molecule has 0 fully saturated rings. The number of nitrogens with zero attached hydrogens (tertiary/aromatic N) is 1. The van der Waals surface area contributed by atoms with Crippen LogP contribution in [0, 0.1) is 11.3 Å². The minimum Gasteiger partial charge on any atom is -0.449 e. The van der Waals surface area contributed by atoms with Crippen molar-refractivity contribution in [2.45, 2.75) is 18.4 Å². The average Bonchev–Trinajstić information content (AvgIpc) is 2.70. The Kier molecular flexibility index (Phi) is 3.98. The third kappa shape index (κ3) is 2.51. The summed E-state index contributed by atoms with van der Waals surface area (Å²) in [6.07, 6.45) is 2.73. The fraction of sp³-hybridized carbons (Fsp3) is 0.333. The summed E-state index contributed by atoms with van der Waals surface area (Å²) < 4.78 is 5.58. The first-order chi connectivity index (χ1) is 9.23. The lowest BCUT2D eigenvalue weighted by Crippen LogP contribution is -2.38. The van der Waals surface area contributed by atoms with Crippen LogP contribution in [-0.2, 0) is 10.3 Å². The Bertz CT molecular complexity index is 533. The first kappa shape index (κ1) is 13.3. The zero-order valence-corrected chi connectivity index (χ0v) is 10.7. The molecule has 1 atom stereocenters. The van der Waals surface area contributed by atoms with Crippen molar-refractivity contribution in [3.63, 3.8) is 0 Å². The summed E-state index contributed by atoms with van der Waals surface area (Å²) in [7, 11) is 0. The molecule has 1 aliphatic heterocycles. The van der Waals surface area contributed by atoms with E-state index in [1.807, 2.05) is 18.2 Å². The van der Waals surface area contributed by atoms with Gasteiger partial charge in [-0.2, -0.15) is 5.26 Å². The molecular formula is C15H16N2O2. The lowest BCUT2D eigenvalue weighted by atomic mass is 9.89. The van der Waals surface area contributed by atoms with Gasteiger partial charge in [0.15, 0.2) is 5.60 Å². The maximum Gasteiger partial charge on any atom is 0.339 e. The van der Waals surface area contributed by atoms with Gasteiger partial charge in [-0.05, 0) is 6.07 Å². The van der Waals surface area contributed by atoms with Crippen LogP contribution < -0.4 is 5.32 Å². The fourth-order valence-corrected chi connectivity index (χ4v) is 2.37. The maximum absolute atomic E-state index is 11.9. The standard InChI is InChI=1S/C15H16N2O2/c1-2-8-15(11-17-10-5-9-16)13-7-4-3-6-12(13)14(18)19-15/h2-4,6-7,17H,1,5,8,10-11H2. The highest BCUT2D eigenvalue weighted by molar-refractivity contribution is 5.94. The third-order valence-electron chi connectivity index (χ3n) is 3.22. The molecule has 1 N–H and O–H groups in total. The number of rotatable bonds is 6. The van der Waals surface area contributed by atoms with Crippen molar-refractivity contribution in [3.05, 3.63) is 48.0 Å². The van der Waals surface area contributed by atoms with E-state index in [2.05, 4.69) is 18.0 Å². The highest BCUT2D eigenvalue weighted by Gasteiger charge is 2.43. The van der Waals surface area contributed by atoms with Gasteiger partial charge in [0.25, 0.3) is 0 Å². The van der Waals surface area contributed by atoms with Crippen molar-refractivity contribution in [2.75, 3.05) is 13.1 Å². The van der Waals surface area contributed by atoms with Crippen LogP contribution in [0.3, 0.4) is 0 Å². The van der Waals surface area contributed by atoms with Crippen LogP contribution in [0.2, 0.25) is 0 Å². The first-order valence-corrected chi connectivity index (χ1v) is 6.25. The van der Waals surface area contributed by atoms with Crippen LogP contribution in [0.5, 0.6) is 0 Å². The number of hydrogen-bond acceptors (Lipinski definition) is 4. The molecule has 0 saturated heterocycles. The summed E-state index contributed by atoms with van der Waals surface area (Å²) >= 11 is 0. The number of esters is 1. The van der Waals surface area contributed by atoms with E-state index < -0.39 is 5.60 Å². The van der Waals surface area contributed by atoms with Crippen molar-refractivity contribution >= 4 is 5.97 Å². The van der Waals surface area contributed by atoms with Gasteiger partial charge in [-0.1, -0.05) is 24.3 Å². The number of fused-ring (bicyclic) bond motifs is 1. The van der Waals surface area contributed by atoms with Gasteiger partial charge in [-0.25, -0.2) is 4.79 Å². The van der Waals surface area contributed by atoms with Crippen LogP contribution in [0.1, 0.15) is 28.8 Å². The summed E-state index contributed by atoms with van der Waals surface area (Å²) in [6, 6.07) is 9.49. The number of ether oxygens (including phenoxy) is 1. The highest BCUT2D eigenvalue weighted by Crippen LogP contribution is 2.38. The lowest BCUT2D eigenvalue weighted by Gasteiger charge is -2.28. The molecular weight excluding hydrogens is 240 g/mol. The minimum absolute atomic E-state index is 0.292. The molecule has 4 heteroatoms. The van der Waals surface area contributed by atoms with Gasteiger partial charge in [-0.3, -0.25) is 0 Å². The fourth-order valence-electron chi connectivity index (χ4n) is 2.37. The zero-order valence-electron chi connectivity index (χ0n) is 10.7. The molecule has 1 aromatic carbocycles. The second-order valence-electron chi connectivity index (χ2n) is 4.51. The van der Waals surface area contributed by atoms with E-state index in [0.29, 0.717) is 31.5 Å². The van der Waals surface area contributed by atoms with E-state index >= 15 is 0 Å². The molecule has 1 aliphatic rings. The summed E-state index contributed by atoms with van der Waals surface area (Å²) in [4.78, 5) is 11.9. The van der Waals surface area contributed by atoms with Gasteiger partial charge in [0.2, 0.25) is 0 Å². The molecule has 0 radical (unpaired) electrons. The van der Waals surface area contributed by atoms with Crippen molar-refractivity contribution in [3.8, 4) is 6.07 Å². The normalized spacial score (nSPS) is 20.5. The predicted molar refractivity (Wildman–Crippen MR) is 71.4 cm³/mol. The van der Waals surface area contributed by atoms with Gasteiger partial charge in [-0.15, -0.1) is 6.58 Å². The molecule has 1 unspecified atom stereocenters. The van der Waals surface area contributed by atoms with Gasteiger partial charge in [0.1, 0.15) is 0 Å². The van der Waals surface area contributed by atoms with Gasteiger partial charge in [0.05, 0.1) is 11.6 Å². The largest absolute Gasteiger partial charge is 0.449 e. The molecule has 0 aliphatic carbocycles. The van der Waals surface area contributed by atoms with Gasteiger partial charge in [0, 0.05) is 31.5 Å². The monoisotopic (exact) mass is 256 g/mol. The van der Waals surface area contributed by atoms with Crippen molar-refractivity contribution in [2.24, 2.45) is 0 Å². The number of hydrogen-bond donors (Lipinski definition) is 1. The van der Waals surface area contributed by atoms with Crippen molar-refractivity contribution < 1.29 is 9.53 Å². The molecule has 98 valence electrons. The molecule has 1 aromatic rings. The van der Waals surface area contributed by atoms with E-state index in [1.54, 1.807) is 12.1 Å². The SMILES string of the molecule is C=CCC1(CNCCC#N)OC(=O)c2ccccc21. The molecule has 0 spiro atoms. The second-order valence-corrected chi connectivity index (χ2v) is 4.51. The van der Waals surface area contributed by atoms with E-state index in [0.717, 1.165) is 5.56 Å². The van der Waals surface area contributed by atoms with E-state index in [-0.39, 0.29) is 5.97 Å². The number of carbonyl (C=O) groups is 1. The molecule has 2 rings (SSSR count). The number of cyclic esters (lactones) is 1. The van der Waals surface area contributed by atoms with Crippen molar-refractivity contribution in [1.82, 2.24) is 5.32 Å². The van der Waals surface area contributed by atoms with Crippen LogP contribution in [-0.4, -0.2) is 19.1 Å². The number of nitrogens with one attached hydrogen (secondary N) is 1. The minimum atomic E-state index is -0.690. The molecule has 0 bridgehead atoms. The topological polar surface area (TPSA) is 62.1 Å². The van der Waals surface area contributed by atoms with Gasteiger partial charge < -0.3 is 10.1 Å². The number of carbonyl (C=O) groups excluding carboxylic acids is 1. The second kappa shape index (κ2) is 5.68.